The van der Waals surface area contributed by atoms with Crippen molar-refractivity contribution in [1.82, 2.24) is 20.2 Å². The molecule has 0 aliphatic heterocycles. The highest BCUT2D eigenvalue weighted by Gasteiger charge is 2.13. The summed E-state index contributed by atoms with van der Waals surface area (Å²) >= 11 is 6.09. The second-order valence-corrected chi connectivity index (χ2v) is 6.33. The monoisotopic (exact) mass is 373 g/mol. The Balaban J connectivity index is 1.71. The van der Waals surface area contributed by atoms with Crippen molar-refractivity contribution < 1.29 is 0 Å². The molecule has 27 heavy (non-hydrogen) atoms. The third-order valence-corrected chi connectivity index (χ3v) is 4.21. The molecule has 4 aromatic rings. The van der Waals surface area contributed by atoms with E-state index in [1.807, 2.05) is 72.8 Å². The van der Waals surface area contributed by atoms with Crippen LogP contribution in [0, 0.1) is 0 Å². The number of hydrogen-bond acceptors (Lipinski definition) is 5. The summed E-state index contributed by atoms with van der Waals surface area (Å²) in [5, 5.41) is 12.8. The van der Waals surface area contributed by atoms with Gasteiger partial charge in [-0.05, 0) is 29.8 Å². The van der Waals surface area contributed by atoms with Gasteiger partial charge in [0.15, 0.2) is 5.82 Å². The molecular formula is C21H16ClN5. The Bertz CT molecular complexity index is 1040. The standard InChI is InChI=1S/C21H16ClN5/c22-17-10-6-7-15(13-17)14-24-21-19(16-8-2-1-3-9-16)26-27-20(25-21)18-11-4-5-12-23-18/h1-13H,14H2,(H,24,25,27). The first-order valence-corrected chi connectivity index (χ1v) is 8.87. The molecular weight excluding hydrogens is 358 g/mol. The molecule has 0 fully saturated rings. The van der Waals surface area contributed by atoms with E-state index in [2.05, 4.69) is 25.5 Å². The number of nitrogens with zero attached hydrogens (tertiary/aromatic N) is 4. The van der Waals surface area contributed by atoms with E-state index in [0.29, 0.717) is 34.6 Å². The SMILES string of the molecule is Clc1cccc(CNc2nc(-c3ccccn3)nnc2-c2ccccc2)c1. The summed E-state index contributed by atoms with van der Waals surface area (Å²) in [5.74, 6) is 1.13. The van der Waals surface area contributed by atoms with Gasteiger partial charge in [-0.1, -0.05) is 60.1 Å². The Kier molecular flexibility index (Phi) is 5.03. The Morgan fingerprint density at radius 1 is 0.852 bits per heavy atom. The molecule has 0 aliphatic rings. The fraction of sp³-hybridized carbons (Fsp3) is 0.0476. The van der Waals surface area contributed by atoms with Gasteiger partial charge in [0, 0.05) is 23.3 Å². The topological polar surface area (TPSA) is 63.6 Å². The molecule has 132 valence electrons. The van der Waals surface area contributed by atoms with Crippen molar-refractivity contribution in [3.63, 3.8) is 0 Å². The molecule has 0 aliphatic carbocycles. The fourth-order valence-electron chi connectivity index (χ4n) is 2.68. The van der Waals surface area contributed by atoms with Crippen molar-refractivity contribution in [2.75, 3.05) is 5.32 Å². The van der Waals surface area contributed by atoms with Crippen molar-refractivity contribution in [2.24, 2.45) is 0 Å². The molecule has 2 aromatic heterocycles. The summed E-state index contributed by atoms with van der Waals surface area (Å²) in [6, 6.07) is 23.2. The highest BCUT2D eigenvalue weighted by molar-refractivity contribution is 6.30. The maximum atomic E-state index is 6.09. The quantitative estimate of drug-likeness (QED) is 0.541. The van der Waals surface area contributed by atoms with Gasteiger partial charge in [-0.15, -0.1) is 10.2 Å². The Labute approximate surface area is 162 Å². The molecule has 0 saturated carbocycles. The Morgan fingerprint density at radius 3 is 2.48 bits per heavy atom. The molecule has 0 saturated heterocycles. The summed E-state index contributed by atoms with van der Waals surface area (Å²) in [7, 11) is 0. The van der Waals surface area contributed by atoms with E-state index in [0.717, 1.165) is 11.1 Å². The van der Waals surface area contributed by atoms with Crippen molar-refractivity contribution in [3.05, 3.63) is 89.6 Å². The van der Waals surface area contributed by atoms with Crippen molar-refractivity contribution in [1.29, 1.82) is 0 Å². The van der Waals surface area contributed by atoms with E-state index < -0.39 is 0 Å². The van der Waals surface area contributed by atoms with Gasteiger partial charge in [-0.2, -0.15) is 0 Å². The third kappa shape index (κ3) is 4.10. The number of nitrogens with one attached hydrogen (secondary N) is 1. The van der Waals surface area contributed by atoms with Crippen LogP contribution in [0.25, 0.3) is 22.8 Å². The first kappa shape index (κ1) is 17.1. The van der Waals surface area contributed by atoms with Crippen LogP contribution in [0.4, 0.5) is 5.82 Å². The molecule has 0 unspecified atom stereocenters. The lowest BCUT2D eigenvalue weighted by atomic mass is 10.1. The van der Waals surface area contributed by atoms with Gasteiger partial charge in [0.2, 0.25) is 5.82 Å². The summed E-state index contributed by atoms with van der Waals surface area (Å²) in [5.41, 5.74) is 3.37. The van der Waals surface area contributed by atoms with Crippen LogP contribution in [-0.4, -0.2) is 20.2 Å². The predicted octanol–water partition coefficient (Wildman–Crippen LogP) is 4.87. The number of aromatic nitrogens is 4. The second-order valence-electron chi connectivity index (χ2n) is 5.90. The highest BCUT2D eigenvalue weighted by atomic mass is 35.5. The number of halogens is 1. The van der Waals surface area contributed by atoms with E-state index in [9.17, 15) is 0 Å². The molecule has 0 spiro atoms. The van der Waals surface area contributed by atoms with Crippen LogP contribution < -0.4 is 5.32 Å². The maximum Gasteiger partial charge on any atom is 0.202 e. The van der Waals surface area contributed by atoms with Gasteiger partial charge in [0.05, 0.1) is 0 Å². The smallest absolute Gasteiger partial charge is 0.202 e. The zero-order valence-corrected chi connectivity index (χ0v) is 15.1. The minimum Gasteiger partial charge on any atom is -0.364 e. The first-order chi connectivity index (χ1) is 13.3. The average molecular weight is 374 g/mol. The van der Waals surface area contributed by atoms with Crippen molar-refractivity contribution in [3.8, 4) is 22.8 Å². The molecule has 2 aromatic carbocycles. The Hall–Kier alpha value is -3.31. The Morgan fingerprint density at radius 2 is 1.70 bits per heavy atom. The van der Waals surface area contributed by atoms with E-state index in [-0.39, 0.29) is 0 Å². The lowest BCUT2D eigenvalue weighted by Crippen LogP contribution is -2.07. The van der Waals surface area contributed by atoms with Crippen molar-refractivity contribution >= 4 is 17.4 Å². The third-order valence-electron chi connectivity index (χ3n) is 3.98. The zero-order chi connectivity index (χ0) is 18.5. The second kappa shape index (κ2) is 7.93. The lowest BCUT2D eigenvalue weighted by molar-refractivity contribution is 0.965. The van der Waals surface area contributed by atoms with Gasteiger partial charge < -0.3 is 5.32 Å². The number of pyridine rings is 1. The van der Waals surface area contributed by atoms with Crippen LogP contribution in [0.1, 0.15) is 5.56 Å². The largest absolute Gasteiger partial charge is 0.364 e. The predicted molar refractivity (Wildman–Crippen MR) is 107 cm³/mol. The molecule has 6 heteroatoms. The van der Waals surface area contributed by atoms with Gasteiger partial charge in [-0.3, -0.25) is 4.98 Å². The summed E-state index contributed by atoms with van der Waals surface area (Å²) in [6.07, 6.45) is 1.71. The summed E-state index contributed by atoms with van der Waals surface area (Å²) in [4.78, 5) is 8.99. The van der Waals surface area contributed by atoms with Gasteiger partial charge in [-0.25, -0.2) is 4.98 Å². The molecule has 0 bridgehead atoms. The molecule has 1 N–H and O–H groups in total. The van der Waals surface area contributed by atoms with E-state index in [1.54, 1.807) is 6.20 Å². The van der Waals surface area contributed by atoms with Crippen LogP contribution >= 0.6 is 11.6 Å². The van der Waals surface area contributed by atoms with Gasteiger partial charge in [0.1, 0.15) is 11.4 Å². The first-order valence-electron chi connectivity index (χ1n) is 8.49. The minimum atomic E-state index is 0.476. The van der Waals surface area contributed by atoms with Gasteiger partial charge in [0.25, 0.3) is 0 Å². The maximum absolute atomic E-state index is 6.09. The molecule has 2 heterocycles. The van der Waals surface area contributed by atoms with Gasteiger partial charge >= 0.3 is 0 Å². The average Bonchev–Trinajstić information content (AvgIpc) is 2.73. The highest BCUT2D eigenvalue weighted by Crippen LogP contribution is 2.25. The van der Waals surface area contributed by atoms with Crippen molar-refractivity contribution in [2.45, 2.75) is 6.54 Å². The fourth-order valence-corrected chi connectivity index (χ4v) is 2.89. The molecule has 0 amide bonds. The zero-order valence-electron chi connectivity index (χ0n) is 14.4. The van der Waals surface area contributed by atoms with Crippen LogP contribution in [0.5, 0.6) is 0 Å². The molecule has 0 radical (unpaired) electrons. The number of rotatable bonds is 5. The van der Waals surface area contributed by atoms with Crippen LogP contribution in [-0.2, 0) is 6.54 Å². The number of hydrogen-bond donors (Lipinski definition) is 1. The number of anilines is 1. The summed E-state index contributed by atoms with van der Waals surface area (Å²) < 4.78 is 0. The minimum absolute atomic E-state index is 0.476. The molecule has 4 rings (SSSR count). The lowest BCUT2D eigenvalue weighted by Gasteiger charge is -2.11. The molecule has 0 atom stereocenters. The van der Waals surface area contributed by atoms with Crippen LogP contribution in [0.15, 0.2) is 79.0 Å². The van der Waals surface area contributed by atoms with E-state index >= 15 is 0 Å². The molecule has 5 nitrogen and oxygen atoms in total. The normalized spacial score (nSPS) is 10.6. The number of benzene rings is 2. The van der Waals surface area contributed by atoms with E-state index in [1.165, 1.54) is 0 Å². The summed E-state index contributed by atoms with van der Waals surface area (Å²) in [6.45, 7) is 0.570. The van der Waals surface area contributed by atoms with Crippen LogP contribution in [0.3, 0.4) is 0 Å². The van der Waals surface area contributed by atoms with E-state index in [4.69, 9.17) is 11.6 Å². The van der Waals surface area contributed by atoms with Crippen LogP contribution in [0.2, 0.25) is 5.02 Å².